The van der Waals surface area contributed by atoms with Crippen molar-refractivity contribution in [1.82, 2.24) is 5.32 Å². The molecule has 1 fully saturated rings. The fourth-order valence-electron chi connectivity index (χ4n) is 2.58. The summed E-state index contributed by atoms with van der Waals surface area (Å²) in [5.74, 6) is -1.86. The molecule has 1 aliphatic carbocycles. The van der Waals surface area contributed by atoms with Gasteiger partial charge in [0.2, 0.25) is 0 Å². The van der Waals surface area contributed by atoms with E-state index in [4.69, 9.17) is 5.11 Å². The maximum atomic E-state index is 12.3. The van der Waals surface area contributed by atoms with Crippen molar-refractivity contribution in [3.63, 3.8) is 0 Å². The van der Waals surface area contributed by atoms with Crippen LogP contribution in [0, 0.1) is 16.0 Å². The van der Waals surface area contributed by atoms with E-state index in [0.717, 1.165) is 4.90 Å². The summed E-state index contributed by atoms with van der Waals surface area (Å²) in [6.45, 7) is 0. The number of carbonyl (C=O) groups is 2. The zero-order valence-electron chi connectivity index (χ0n) is 11.9. The lowest BCUT2D eigenvalue weighted by Crippen LogP contribution is -2.33. The van der Waals surface area contributed by atoms with Crippen LogP contribution in [0.4, 0.5) is 5.69 Å². The van der Waals surface area contributed by atoms with E-state index >= 15 is 0 Å². The molecule has 1 amide bonds. The molecule has 0 aromatic heterocycles. The van der Waals surface area contributed by atoms with Gasteiger partial charge in [-0.25, -0.2) is 0 Å². The molecule has 0 bridgehead atoms. The largest absolute Gasteiger partial charge is 0.481 e. The van der Waals surface area contributed by atoms with Gasteiger partial charge in [0.05, 0.1) is 10.8 Å². The molecule has 0 unspecified atom stereocenters. The molecule has 8 heteroatoms. The molecule has 22 heavy (non-hydrogen) atoms. The third-order valence-electron chi connectivity index (χ3n) is 3.76. The minimum atomic E-state index is -0.868. The molecule has 0 radical (unpaired) electrons. The number of aliphatic carboxylic acids is 1. The van der Waals surface area contributed by atoms with Gasteiger partial charge >= 0.3 is 5.97 Å². The summed E-state index contributed by atoms with van der Waals surface area (Å²) in [7, 11) is 0. The molecular weight excluding hydrogens is 308 g/mol. The Hall–Kier alpha value is -2.09. The smallest absolute Gasteiger partial charge is 0.306 e. The molecule has 2 rings (SSSR count). The molecule has 1 saturated carbocycles. The Morgan fingerprint density at radius 1 is 1.41 bits per heavy atom. The monoisotopic (exact) mass is 324 g/mol. The van der Waals surface area contributed by atoms with Crippen LogP contribution in [0.5, 0.6) is 0 Å². The van der Waals surface area contributed by atoms with E-state index in [-0.39, 0.29) is 17.3 Å². The number of nitro benzene ring substituents is 1. The van der Waals surface area contributed by atoms with Crippen molar-refractivity contribution >= 4 is 29.3 Å². The highest BCUT2D eigenvalue weighted by molar-refractivity contribution is 7.98. The average molecular weight is 324 g/mol. The van der Waals surface area contributed by atoms with E-state index < -0.39 is 22.7 Å². The molecule has 1 aliphatic rings. The topological polar surface area (TPSA) is 110 Å². The van der Waals surface area contributed by atoms with Gasteiger partial charge in [0.15, 0.2) is 0 Å². The third-order valence-corrected chi connectivity index (χ3v) is 4.49. The van der Waals surface area contributed by atoms with Gasteiger partial charge in [-0.15, -0.1) is 11.8 Å². The number of hydrogen-bond donors (Lipinski definition) is 2. The van der Waals surface area contributed by atoms with Crippen LogP contribution in [-0.2, 0) is 4.79 Å². The number of thioether (sulfide) groups is 1. The Kier molecular flexibility index (Phi) is 5.02. The highest BCUT2D eigenvalue weighted by Gasteiger charge is 2.31. The fourth-order valence-corrected chi connectivity index (χ4v) is 3.02. The Morgan fingerprint density at radius 2 is 2.14 bits per heavy atom. The molecule has 0 aliphatic heterocycles. The minimum absolute atomic E-state index is 0.00984. The summed E-state index contributed by atoms with van der Waals surface area (Å²) in [5.41, 5.74) is -0.237. The molecule has 7 nitrogen and oxygen atoms in total. The zero-order chi connectivity index (χ0) is 16.3. The van der Waals surface area contributed by atoms with Gasteiger partial charge in [-0.2, -0.15) is 0 Å². The minimum Gasteiger partial charge on any atom is -0.481 e. The van der Waals surface area contributed by atoms with Crippen LogP contribution in [0.1, 0.15) is 29.6 Å². The van der Waals surface area contributed by atoms with Crippen LogP contribution in [0.2, 0.25) is 0 Å². The summed E-state index contributed by atoms with van der Waals surface area (Å²) in [6, 6.07) is 4.14. The number of carboxylic acid groups (broad SMARTS) is 1. The fraction of sp³-hybridized carbons (Fsp3) is 0.429. The highest BCUT2D eigenvalue weighted by Crippen LogP contribution is 2.28. The van der Waals surface area contributed by atoms with Gasteiger partial charge < -0.3 is 10.4 Å². The molecule has 118 valence electrons. The first-order valence-corrected chi connectivity index (χ1v) is 8.01. The summed E-state index contributed by atoms with van der Waals surface area (Å²) < 4.78 is 0. The predicted molar refractivity (Wildman–Crippen MR) is 81.1 cm³/mol. The number of nitrogens with one attached hydrogen (secondary N) is 1. The van der Waals surface area contributed by atoms with Crippen molar-refractivity contribution in [1.29, 1.82) is 0 Å². The maximum Gasteiger partial charge on any atom is 0.306 e. The first kappa shape index (κ1) is 16.3. The lowest BCUT2D eigenvalue weighted by atomic mass is 10.1. The molecule has 1 aromatic carbocycles. The Labute approximate surface area is 131 Å². The second-order valence-electron chi connectivity index (χ2n) is 5.16. The predicted octanol–water partition coefficient (Wildman–Crippen LogP) is 2.30. The van der Waals surface area contributed by atoms with Crippen molar-refractivity contribution in [2.75, 3.05) is 6.26 Å². The first-order chi connectivity index (χ1) is 10.4. The maximum absolute atomic E-state index is 12.3. The number of carboxylic acids is 1. The van der Waals surface area contributed by atoms with Crippen molar-refractivity contribution in [2.45, 2.75) is 30.2 Å². The van der Waals surface area contributed by atoms with Crippen molar-refractivity contribution in [2.24, 2.45) is 5.92 Å². The lowest BCUT2D eigenvalue weighted by molar-refractivity contribution is -0.385. The highest BCUT2D eigenvalue weighted by atomic mass is 32.2. The van der Waals surface area contributed by atoms with Gasteiger partial charge in [0, 0.05) is 17.0 Å². The molecule has 2 atom stereocenters. The van der Waals surface area contributed by atoms with E-state index in [9.17, 15) is 19.7 Å². The number of benzene rings is 1. The van der Waals surface area contributed by atoms with Crippen molar-refractivity contribution in [3.05, 3.63) is 33.9 Å². The summed E-state index contributed by atoms with van der Waals surface area (Å²) in [5, 5.41) is 22.7. The van der Waals surface area contributed by atoms with E-state index in [1.807, 2.05) is 6.26 Å². The van der Waals surface area contributed by atoms with E-state index in [0.29, 0.717) is 19.3 Å². The lowest BCUT2D eigenvalue weighted by Gasteiger charge is -2.13. The summed E-state index contributed by atoms with van der Waals surface area (Å²) in [6.07, 6.45) is 3.25. The Morgan fingerprint density at radius 3 is 2.68 bits per heavy atom. The molecule has 1 aromatic rings. The van der Waals surface area contributed by atoms with Gasteiger partial charge in [0.25, 0.3) is 11.6 Å². The van der Waals surface area contributed by atoms with Gasteiger partial charge in [-0.05, 0) is 37.7 Å². The van der Waals surface area contributed by atoms with Crippen LogP contribution in [0.3, 0.4) is 0 Å². The van der Waals surface area contributed by atoms with Gasteiger partial charge in [-0.1, -0.05) is 0 Å². The second kappa shape index (κ2) is 6.78. The molecule has 0 spiro atoms. The van der Waals surface area contributed by atoms with Crippen LogP contribution in [-0.4, -0.2) is 34.2 Å². The van der Waals surface area contributed by atoms with E-state index in [2.05, 4.69) is 5.32 Å². The molecule has 2 N–H and O–H groups in total. The SMILES string of the molecule is CSc1ccc([N+](=O)[O-])c(C(=O)N[C@H]2CC[C@@H](C(=O)O)C2)c1. The average Bonchev–Trinajstić information content (AvgIpc) is 2.95. The van der Waals surface area contributed by atoms with Crippen LogP contribution < -0.4 is 5.32 Å². The Balaban J connectivity index is 2.15. The summed E-state index contributed by atoms with van der Waals surface area (Å²) in [4.78, 5) is 34.4. The molecule has 0 heterocycles. The number of amides is 1. The molecule has 0 saturated heterocycles. The number of carbonyl (C=O) groups excluding carboxylic acids is 1. The van der Waals surface area contributed by atoms with Crippen LogP contribution in [0.25, 0.3) is 0 Å². The van der Waals surface area contributed by atoms with Crippen LogP contribution >= 0.6 is 11.8 Å². The van der Waals surface area contributed by atoms with Crippen molar-refractivity contribution < 1.29 is 19.6 Å². The molecular formula is C14H16N2O5S. The van der Waals surface area contributed by atoms with Gasteiger partial charge in [-0.3, -0.25) is 19.7 Å². The van der Waals surface area contributed by atoms with Crippen molar-refractivity contribution in [3.8, 4) is 0 Å². The zero-order valence-corrected chi connectivity index (χ0v) is 12.8. The van der Waals surface area contributed by atoms with Crippen LogP contribution in [0.15, 0.2) is 23.1 Å². The Bertz CT molecular complexity index is 619. The number of nitrogens with zero attached hydrogens (tertiary/aromatic N) is 1. The van der Waals surface area contributed by atoms with E-state index in [1.54, 1.807) is 6.07 Å². The van der Waals surface area contributed by atoms with Gasteiger partial charge in [0.1, 0.15) is 5.56 Å². The standard InChI is InChI=1S/C14H16N2O5S/c1-22-10-4-5-12(16(20)21)11(7-10)13(17)15-9-3-2-8(6-9)14(18)19/h4-5,7-9H,2-3,6H2,1H3,(H,15,17)(H,18,19)/t8-,9+/m1/s1. The van der Waals surface area contributed by atoms with E-state index in [1.165, 1.54) is 23.9 Å². The normalized spacial score (nSPS) is 20.6. The number of rotatable bonds is 5. The third kappa shape index (κ3) is 3.56. The first-order valence-electron chi connectivity index (χ1n) is 6.78. The summed E-state index contributed by atoms with van der Waals surface area (Å²) >= 11 is 1.39. The second-order valence-corrected chi connectivity index (χ2v) is 6.04. The number of hydrogen-bond acceptors (Lipinski definition) is 5. The quantitative estimate of drug-likeness (QED) is 0.488. The number of nitro groups is 1.